The van der Waals surface area contributed by atoms with Crippen LogP contribution in [-0.4, -0.2) is 26.7 Å². The highest BCUT2D eigenvalue weighted by Gasteiger charge is 2.34. The van der Waals surface area contributed by atoms with Crippen molar-refractivity contribution in [2.75, 3.05) is 7.05 Å². The molecule has 2 aromatic rings. The van der Waals surface area contributed by atoms with Gasteiger partial charge in [0.05, 0.1) is 12.3 Å². The molecule has 0 saturated heterocycles. The first-order valence-electron chi connectivity index (χ1n) is 7.44. The molecule has 1 heterocycles. The number of nitrogens with zero attached hydrogens (tertiary/aromatic N) is 1. The number of fused-ring (bicyclic) bond motifs is 1. The van der Waals surface area contributed by atoms with E-state index in [1.54, 1.807) is 6.26 Å². The first kappa shape index (κ1) is 16.4. The molecule has 2 atom stereocenters. The predicted octanol–water partition coefficient (Wildman–Crippen LogP) is 4.15. The summed E-state index contributed by atoms with van der Waals surface area (Å²) in [5, 5.41) is 1.13. The molecule has 0 unspecified atom stereocenters. The Morgan fingerprint density at radius 3 is 2.62 bits per heavy atom. The third-order valence-electron chi connectivity index (χ3n) is 3.76. The Morgan fingerprint density at radius 1 is 1.29 bits per heavy atom. The molecule has 0 aliphatic heterocycles. The van der Waals surface area contributed by atoms with E-state index in [1.165, 1.54) is 5.56 Å². The van der Waals surface area contributed by atoms with Gasteiger partial charge in [-0.3, -0.25) is 0 Å². The summed E-state index contributed by atoms with van der Waals surface area (Å²) in [6, 6.07) is 8.53. The summed E-state index contributed by atoms with van der Waals surface area (Å²) in [6.45, 7) is 8.20. The zero-order valence-electron chi connectivity index (χ0n) is 13.6. The zero-order valence-corrected chi connectivity index (χ0v) is 14.4. The van der Waals surface area contributed by atoms with Crippen LogP contribution in [0.25, 0.3) is 11.0 Å². The lowest BCUT2D eigenvalue weighted by Crippen LogP contribution is -2.46. The fourth-order valence-electron chi connectivity index (χ4n) is 2.51. The molecule has 0 radical (unpaired) electrons. The van der Waals surface area contributed by atoms with E-state index in [2.05, 4.69) is 19.1 Å². The number of furan rings is 1. The SMILES string of the molecule is CC[C@@H](Cc1ccc2occc2c1)N(C)[S@@+]([O-])C(C)(C)C. The van der Waals surface area contributed by atoms with Crippen LogP contribution in [-0.2, 0) is 17.8 Å². The van der Waals surface area contributed by atoms with Crippen LogP contribution in [0.15, 0.2) is 34.9 Å². The first-order valence-corrected chi connectivity index (χ1v) is 8.54. The minimum atomic E-state index is -0.990. The lowest BCUT2D eigenvalue weighted by Gasteiger charge is -2.34. The molecule has 0 spiro atoms. The number of hydrogen-bond donors (Lipinski definition) is 0. The lowest BCUT2D eigenvalue weighted by molar-refractivity contribution is 0.345. The molecular formula is C17H25NO2S. The molecule has 0 amide bonds. The van der Waals surface area contributed by atoms with Crippen LogP contribution < -0.4 is 0 Å². The highest BCUT2D eigenvalue weighted by Crippen LogP contribution is 2.25. The van der Waals surface area contributed by atoms with E-state index in [4.69, 9.17) is 4.42 Å². The Morgan fingerprint density at radius 2 is 2.00 bits per heavy atom. The molecule has 0 fully saturated rings. The van der Waals surface area contributed by atoms with Gasteiger partial charge in [-0.05, 0) is 57.4 Å². The Balaban J connectivity index is 2.14. The van der Waals surface area contributed by atoms with E-state index in [1.807, 2.05) is 44.3 Å². The van der Waals surface area contributed by atoms with Gasteiger partial charge in [-0.2, -0.15) is 0 Å². The summed E-state index contributed by atoms with van der Waals surface area (Å²) >= 11 is -0.990. The predicted molar refractivity (Wildman–Crippen MR) is 89.7 cm³/mol. The number of hydrogen-bond acceptors (Lipinski definition) is 3. The van der Waals surface area contributed by atoms with Crippen molar-refractivity contribution in [3.63, 3.8) is 0 Å². The van der Waals surface area contributed by atoms with E-state index in [0.717, 1.165) is 23.8 Å². The fourth-order valence-corrected chi connectivity index (χ4v) is 3.87. The van der Waals surface area contributed by atoms with Crippen molar-refractivity contribution in [3.05, 3.63) is 36.1 Å². The highest BCUT2D eigenvalue weighted by molar-refractivity contribution is 7.90. The molecule has 0 aliphatic rings. The molecule has 0 saturated carbocycles. The highest BCUT2D eigenvalue weighted by atomic mass is 32.2. The van der Waals surface area contributed by atoms with Gasteiger partial charge in [-0.25, -0.2) is 0 Å². The molecule has 0 aliphatic carbocycles. The van der Waals surface area contributed by atoms with Crippen LogP contribution >= 0.6 is 0 Å². The monoisotopic (exact) mass is 307 g/mol. The third kappa shape index (κ3) is 3.82. The van der Waals surface area contributed by atoms with Gasteiger partial charge >= 0.3 is 0 Å². The number of likely N-dealkylation sites (N-methyl/N-ethyl adjacent to an activating group) is 1. The van der Waals surface area contributed by atoms with E-state index < -0.39 is 11.4 Å². The Hall–Kier alpha value is -0.970. The van der Waals surface area contributed by atoms with Crippen LogP contribution in [0.5, 0.6) is 0 Å². The van der Waals surface area contributed by atoms with Crippen molar-refractivity contribution in [3.8, 4) is 0 Å². The van der Waals surface area contributed by atoms with Crippen LogP contribution in [0.3, 0.4) is 0 Å². The van der Waals surface area contributed by atoms with Crippen molar-refractivity contribution >= 4 is 22.3 Å². The quantitative estimate of drug-likeness (QED) is 0.779. The summed E-state index contributed by atoms with van der Waals surface area (Å²) in [5.74, 6) is 0. The van der Waals surface area contributed by atoms with Gasteiger partial charge in [0, 0.05) is 23.8 Å². The van der Waals surface area contributed by atoms with Crippen molar-refractivity contribution < 1.29 is 8.97 Å². The normalized spacial score (nSPS) is 15.6. The number of rotatable bonds is 5. The van der Waals surface area contributed by atoms with E-state index >= 15 is 0 Å². The van der Waals surface area contributed by atoms with Gasteiger partial charge in [0.15, 0.2) is 0 Å². The molecule has 0 N–H and O–H groups in total. The third-order valence-corrected chi connectivity index (χ3v) is 5.63. The second-order valence-corrected chi connectivity index (χ2v) is 8.77. The van der Waals surface area contributed by atoms with Crippen LogP contribution in [0.2, 0.25) is 0 Å². The Labute approximate surface area is 130 Å². The molecular weight excluding hydrogens is 282 g/mol. The fraction of sp³-hybridized carbons (Fsp3) is 0.529. The Bertz CT molecular complexity index is 588. The van der Waals surface area contributed by atoms with E-state index in [0.29, 0.717) is 0 Å². The van der Waals surface area contributed by atoms with E-state index in [-0.39, 0.29) is 10.8 Å². The summed E-state index contributed by atoms with van der Waals surface area (Å²) in [6.07, 6.45) is 3.59. The summed E-state index contributed by atoms with van der Waals surface area (Å²) in [4.78, 5) is 0. The van der Waals surface area contributed by atoms with Crippen LogP contribution in [0, 0.1) is 0 Å². The molecule has 3 nitrogen and oxygen atoms in total. The maximum absolute atomic E-state index is 12.5. The smallest absolute Gasteiger partial charge is 0.137 e. The average Bonchev–Trinajstić information content (AvgIpc) is 2.89. The maximum atomic E-state index is 12.5. The topological polar surface area (TPSA) is 39.4 Å². The standard InChI is InChI=1S/C17H25NO2S/c1-6-15(18(5)21(19)17(2,3)4)12-13-7-8-16-14(11-13)9-10-20-16/h7-11,15H,6,12H2,1-5H3/t15-,21-/m0/s1. The number of benzene rings is 1. The van der Waals surface area contributed by atoms with Crippen molar-refractivity contribution in [1.82, 2.24) is 4.31 Å². The second kappa shape index (κ2) is 6.42. The van der Waals surface area contributed by atoms with Gasteiger partial charge < -0.3 is 8.97 Å². The second-order valence-electron chi connectivity index (χ2n) is 6.47. The summed E-state index contributed by atoms with van der Waals surface area (Å²) in [5.41, 5.74) is 2.17. The zero-order chi connectivity index (χ0) is 15.6. The molecule has 4 heteroatoms. The van der Waals surface area contributed by atoms with Crippen molar-refractivity contribution in [2.45, 2.75) is 51.3 Å². The largest absolute Gasteiger partial charge is 0.598 e. The van der Waals surface area contributed by atoms with Crippen LogP contribution in [0.4, 0.5) is 0 Å². The molecule has 1 aromatic carbocycles. The molecule has 0 bridgehead atoms. The molecule has 21 heavy (non-hydrogen) atoms. The van der Waals surface area contributed by atoms with Crippen molar-refractivity contribution in [2.24, 2.45) is 0 Å². The Kier molecular flexibility index (Phi) is 5.02. The minimum absolute atomic E-state index is 0.226. The van der Waals surface area contributed by atoms with Gasteiger partial charge in [-0.1, -0.05) is 13.0 Å². The van der Waals surface area contributed by atoms with E-state index in [9.17, 15) is 4.55 Å². The molecule has 2 rings (SSSR count). The lowest BCUT2D eigenvalue weighted by atomic mass is 10.0. The molecule has 116 valence electrons. The molecule has 1 aromatic heterocycles. The summed E-state index contributed by atoms with van der Waals surface area (Å²) < 4.78 is 19.7. The van der Waals surface area contributed by atoms with Gasteiger partial charge in [0.2, 0.25) is 0 Å². The van der Waals surface area contributed by atoms with Crippen molar-refractivity contribution in [1.29, 1.82) is 0 Å². The minimum Gasteiger partial charge on any atom is -0.598 e. The van der Waals surface area contributed by atoms with Crippen LogP contribution in [0.1, 0.15) is 39.7 Å². The van der Waals surface area contributed by atoms with Gasteiger partial charge in [-0.15, -0.1) is 4.31 Å². The summed E-state index contributed by atoms with van der Waals surface area (Å²) in [7, 11) is 1.96. The van der Waals surface area contributed by atoms with Gasteiger partial charge in [0.25, 0.3) is 0 Å². The maximum Gasteiger partial charge on any atom is 0.137 e. The average molecular weight is 307 g/mol. The first-order chi connectivity index (χ1) is 9.82. The van der Waals surface area contributed by atoms with Gasteiger partial charge in [0.1, 0.15) is 10.3 Å².